The molecule has 0 fully saturated rings. The molecule has 0 saturated heterocycles. The number of imidazole rings is 1. The lowest BCUT2D eigenvalue weighted by Crippen LogP contribution is -2.00. The number of anilines is 2. The van der Waals surface area contributed by atoms with Gasteiger partial charge >= 0.3 is 0 Å². The van der Waals surface area contributed by atoms with E-state index in [1.807, 2.05) is 52.2 Å². The molecule has 0 aromatic carbocycles. The molecule has 0 aliphatic rings. The number of fused-ring (bicyclic) bond motifs is 2. The van der Waals surface area contributed by atoms with Gasteiger partial charge in [-0.2, -0.15) is 10.2 Å². The molecule has 9 nitrogen and oxygen atoms in total. The van der Waals surface area contributed by atoms with Crippen molar-refractivity contribution in [1.82, 2.24) is 38.7 Å². The zero-order chi connectivity index (χ0) is 17.5. The summed E-state index contributed by atoms with van der Waals surface area (Å²) in [5, 5.41) is 11.8. The van der Waals surface area contributed by atoms with Gasteiger partial charge in [0.25, 0.3) is 0 Å². The summed E-state index contributed by atoms with van der Waals surface area (Å²) in [4.78, 5) is 13.3. The predicted octanol–water partition coefficient (Wildman–Crippen LogP) is 2.40. The lowest BCUT2D eigenvalue weighted by atomic mass is 10.3. The van der Waals surface area contributed by atoms with Crippen molar-refractivity contribution in [3.8, 4) is 11.3 Å². The Hall–Kier alpha value is -3.75. The molecule has 1 N–H and O–H groups in total. The third kappa shape index (κ3) is 2.21. The Kier molecular flexibility index (Phi) is 3.17. The molecule has 5 aromatic rings. The lowest BCUT2D eigenvalue weighted by molar-refractivity contribution is 0.660. The van der Waals surface area contributed by atoms with E-state index >= 15 is 0 Å². The summed E-state index contributed by atoms with van der Waals surface area (Å²) in [6, 6.07) is 3.84. The van der Waals surface area contributed by atoms with E-state index in [1.54, 1.807) is 10.7 Å². The molecule has 26 heavy (non-hydrogen) atoms. The maximum absolute atomic E-state index is 4.55. The first-order chi connectivity index (χ1) is 12.8. The zero-order valence-corrected chi connectivity index (χ0v) is 14.0. The summed E-state index contributed by atoms with van der Waals surface area (Å²) >= 11 is 0. The van der Waals surface area contributed by atoms with Crippen LogP contribution in [-0.4, -0.2) is 38.7 Å². The fraction of sp³-hybridized carbons (Fsp3) is 0.118. The van der Waals surface area contributed by atoms with Crippen LogP contribution in [0.4, 0.5) is 11.5 Å². The van der Waals surface area contributed by atoms with Crippen molar-refractivity contribution >= 4 is 22.8 Å². The van der Waals surface area contributed by atoms with Gasteiger partial charge in [0.05, 0.1) is 23.8 Å². The number of hydrogen-bond donors (Lipinski definition) is 1. The maximum Gasteiger partial charge on any atom is 0.180 e. The Bertz CT molecular complexity index is 1210. The number of rotatable bonds is 4. The van der Waals surface area contributed by atoms with E-state index in [-0.39, 0.29) is 0 Å². The van der Waals surface area contributed by atoms with Gasteiger partial charge in [-0.25, -0.2) is 19.5 Å². The summed E-state index contributed by atoms with van der Waals surface area (Å²) in [5.74, 6) is 0.651. The second-order valence-corrected chi connectivity index (χ2v) is 5.77. The SMILES string of the molecule is CCn1cc(-c2cnc3c(Nc4cccn5ncnc45)nccn23)cn1. The van der Waals surface area contributed by atoms with Crippen molar-refractivity contribution in [3.63, 3.8) is 0 Å². The van der Waals surface area contributed by atoms with Gasteiger partial charge in [-0.05, 0) is 19.1 Å². The van der Waals surface area contributed by atoms with Crippen LogP contribution in [0.25, 0.3) is 22.6 Å². The Morgan fingerprint density at radius 2 is 2.00 bits per heavy atom. The molecule has 0 saturated carbocycles. The van der Waals surface area contributed by atoms with Gasteiger partial charge in [0.15, 0.2) is 17.1 Å². The summed E-state index contributed by atoms with van der Waals surface area (Å²) < 4.78 is 5.59. The average Bonchev–Trinajstić information content (AvgIpc) is 3.40. The van der Waals surface area contributed by atoms with Crippen molar-refractivity contribution in [1.29, 1.82) is 0 Å². The molecule has 0 aliphatic heterocycles. The van der Waals surface area contributed by atoms with E-state index < -0.39 is 0 Å². The van der Waals surface area contributed by atoms with Crippen LogP contribution in [0.2, 0.25) is 0 Å². The second kappa shape index (κ2) is 5.66. The Morgan fingerprint density at radius 3 is 2.88 bits per heavy atom. The highest BCUT2D eigenvalue weighted by molar-refractivity contribution is 5.79. The molecule has 5 heterocycles. The van der Waals surface area contributed by atoms with E-state index in [4.69, 9.17) is 0 Å². The summed E-state index contributed by atoms with van der Waals surface area (Å²) in [6.07, 6.45) is 12.7. The number of nitrogens with one attached hydrogen (secondary N) is 1. The largest absolute Gasteiger partial charge is 0.334 e. The first kappa shape index (κ1) is 14.6. The molecule has 9 heteroatoms. The van der Waals surface area contributed by atoms with Gasteiger partial charge in [0.1, 0.15) is 6.33 Å². The minimum atomic E-state index is 0.651. The van der Waals surface area contributed by atoms with Gasteiger partial charge in [0.2, 0.25) is 0 Å². The average molecular weight is 345 g/mol. The first-order valence-corrected chi connectivity index (χ1v) is 8.24. The quantitative estimate of drug-likeness (QED) is 0.538. The Morgan fingerprint density at radius 1 is 1.04 bits per heavy atom. The van der Waals surface area contributed by atoms with Gasteiger partial charge in [0, 0.05) is 36.9 Å². The fourth-order valence-corrected chi connectivity index (χ4v) is 2.96. The molecule has 0 atom stereocenters. The van der Waals surface area contributed by atoms with Crippen LogP contribution >= 0.6 is 0 Å². The third-order valence-corrected chi connectivity index (χ3v) is 4.24. The standard InChI is InChI=1S/C17H15N9/c1-2-24-10-12(8-21-24)14-9-19-17-15(18-5-7-25(14)17)23-13-4-3-6-26-16(13)20-11-22-26/h3-11H,2H2,1H3,(H,18,23). The highest BCUT2D eigenvalue weighted by Crippen LogP contribution is 2.25. The predicted molar refractivity (Wildman–Crippen MR) is 96.2 cm³/mol. The van der Waals surface area contributed by atoms with Gasteiger partial charge < -0.3 is 5.32 Å². The number of hydrogen-bond acceptors (Lipinski definition) is 6. The molecular weight excluding hydrogens is 330 g/mol. The fourth-order valence-electron chi connectivity index (χ4n) is 2.96. The van der Waals surface area contributed by atoms with Gasteiger partial charge in [-0.1, -0.05) is 0 Å². The second-order valence-electron chi connectivity index (χ2n) is 5.77. The molecule has 5 aromatic heterocycles. The van der Waals surface area contributed by atoms with Crippen molar-refractivity contribution in [2.75, 3.05) is 5.32 Å². The normalized spacial score (nSPS) is 11.4. The third-order valence-electron chi connectivity index (χ3n) is 4.24. The van der Waals surface area contributed by atoms with Crippen LogP contribution in [0, 0.1) is 0 Å². The molecule has 0 bridgehead atoms. The molecular formula is C17H15N9. The van der Waals surface area contributed by atoms with Crippen LogP contribution in [0.1, 0.15) is 6.92 Å². The Balaban J connectivity index is 1.60. The monoisotopic (exact) mass is 345 g/mol. The number of aromatic nitrogens is 8. The number of nitrogens with zero attached hydrogens (tertiary/aromatic N) is 8. The van der Waals surface area contributed by atoms with E-state index in [0.717, 1.165) is 34.8 Å². The summed E-state index contributed by atoms with van der Waals surface area (Å²) in [5.41, 5.74) is 4.25. The highest BCUT2D eigenvalue weighted by atomic mass is 15.3. The molecule has 0 radical (unpaired) electrons. The zero-order valence-electron chi connectivity index (χ0n) is 14.0. The number of aryl methyl sites for hydroxylation is 1. The van der Waals surface area contributed by atoms with Crippen LogP contribution < -0.4 is 5.32 Å². The lowest BCUT2D eigenvalue weighted by Gasteiger charge is -2.08. The van der Waals surface area contributed by atoms with E-state index in [2.05, 4.69) is 37.4 Å². The van der Waals surface area contributed by atoms with E-state index in [1.165, 1.54) is 6.33 Å². The minimum Gasteiger partial charge on any atom is -0.334 e. The van der Waals surface area contributed by atoms with Crippen molar-refractivity contribution < 1.29 is 0 Å². The molecule has 0 spiro atoms. The van der Waals surface area contributed by atoms with Crippen LogP contribution in [0.5, 0.6) is 0 Å². The first-order valence-electron chi connectivity index (χ1n) is 8.24. The highest BCUT2D eigenvalue weighted by Gasteiger charge is 2.13. The molecule has 128 valence electrons. The van der Waals surface area contributed by atoms with E-state index in [9.17, 15) is 0 Å². The topological polar surface area (TPSA) is 90.2 Å². The molecule has 0 unspecified atom stereocenters. The van der Waals surface area contributed by atoms with E-state index in [0.29, 0.717) is 5.82 Å². The minimum absolute atomic E-state index is 0.651. The molecule has 0 aliphatic carbocycles. The Labute approximate surface area is 148 Å². The summed E-state index contributed by atoms with van der Waals surface area (Å²) in [7, 11) is 0. The van der Waals surface area contributed by atoms with Crippen LogP contribution in [-0.2, 0) is 6.54 Å². The van der Waals surface area contributed by atoms with Crippen molar-refractivity contribution in [3.05, 3.63) is 55.6 Å². The van der Waals surface area contributed by atoms with Gasteiger partial charge in [-0.15, -0.1) is 0 Å². The number of pyridine rings is 1. The van der Waals surface area contributed by atoms with Crippen molar-refractivity contribution in [2.24, 2.45) is 0 Å². The molecule has 5 rings (SSSR count). The van der Waals surface area contributed by atoms with Gasteiger partial charge in [-0.3, -0.25) is 9.08 Å². The van der Waals surface area contributed by atoms with Crippen LogP contribution in [0.15, 0.2) is 55.6 Å². The van der Waals surface area contributed by atoms with Crippen molar-refractivity contribution in [2.45, 2.75) is 13.5 Å². The maximum atomic E-state index is 4.55. The smallest absolute Gasteiger partial charge is 0.180 e. The summed E-state index contributed by atoms with van der Waals surface area (Å²) in [6.45, 7) is 2.88. The molecule has 0 amide bonds. The van der Waals surface area contributed by atoms with Crippen LogP contribution in [0.3, 0.4) is 0 Å².